The number of aliphatic hydroxyl groups excluding tert-OH is 2. The number of ether oxygens (including phenoxy) is 1. The van der Waals surface area contributed by atoms with E-state index >= 15 is 0 Å². The van der Waals surface area contributed by atoms with Gasteiger partial charge in [-0.05, 0) is 21.0 Å². The van der Waals surface area contributed by atoms with Gasteiger partial charge in [0.1, 0.15) is 0 Å². The Hall–Kier alpha value is -2.28. The molecular weight excluding hydrogens is 428 g/mol. The lowest BCUT2D eigenvalue weighted by Crippen LogP contribution is -2.67. The second kappa shape index (κ2) is 11.7. The summed E-state index contributed by atoms with van der Waals surface area (Å²) in [6, 6.07) is 30.5. The minimum absolute atomic E-state index is 0.156. The molecule has 3 aromatic rings. The first-order chi connectivity index (χ1) is 15.8. The Labute approximate surface area is 199 Å². The van der Waals surface area contributed by atoms with Crippen LogP contribution >= 0.6 is 0 Å². The molecule has 0 aliphatic rings. The van der Waals surface area contributed by atoms with Crippen LogP contribution in [-0.2, 0) is 15.8 Å². The lowest BCUT2D eigenvalue weighted by Gasteiger charge is -2.43. The van der Waals surface area contributed by atoms with Crippen molar-refractivity contribution in [3.8, 4) is 0 Å². The summed E-state index contributed by atoms with van der Waals surface area (Å²) in [5.41, 5.74) is 1.06. The molecule has 2 N–H and O–H groups in total. The molecule has 0 heterocycles. The van der Waals surface area contributed by atoms with Gasteiger partial charge in [0.25, 0.3) is 8.32 Å². The molecule has 0 saturated carbocycles. The number of rotatable bonds is 11. The van der Waals surface area contributed by atoms with Crippen LogP contribution in [0.5, 0.6) is 0 Å². The van der Waals surface area contributed by atoms with E-state index in [1.54, 1.807) is 0 Å². The quantitative estimate of drug-likeness (QED) is 0.423. The van der Waals surface area contributed by atoms with Crippen LogP contribution in [0.15, 0.2) is 91.0 Å². The van der Waals surface area contributed by atoms with E-state index in [1.165, 1.54) is 10.4 Å². The Morgan fingerprint density at radius 1 is 0.697 bits per heavy atom. The van der Waals surface area contributed by atoms with Gasteiger partial charge in [0.05, 0.1) is 32.0 Å². The van der Waals surface area contributed by atoms with Gasteiger partial charge in [0, 0.05) is 6.42 Å². The maximum atomic E-state index is 10.7. The maximum Gasteiger partial charge on any atom is 0.261 e. The highest BCUT2D eigenvalue weighted by atomic mass is 28.4. The topological polar surface area (TPSA) is 58.9 Å². The van der Waals surface area contributed by atoms with Crippen molar-refractivity contribution in [3.63, 3.8) is 0 Å². The Bertz CT molecular complexity index is 902. The van der Waals surface area contributed by atoms with E-state index in [4.69, 9.17) is 9.16 Å². The molecular formula is C28H36O4Si. The fourth-order valence-corrected chi connectivity index (χ4v) is 8.92. The van der Waals surface area contributed by atoms with Gasteiger partial charge in [-0.1, -0.05) is 112 Å². The van der Waals surface area contributed by atoms with Gasteiger partial charge < -0.3 is 19.4 Å². The normalized spacial score (nSPS) is 14.1. The third kappa shape index (κ3) is 6.62. The Kier molecular flexibility index (Phi) is 9.00. The van der Waals surface area contributed by atoms with Crippen molar-refractivity contribution in [2.24, 2.45) is 0 Å². The molecule has 0 amide bonds. The average Bonchev–Trinajstić information content (AvgIpc) is 2.81. The first-order valence-corrected chi connectivity index (χ1v) is 13.5. The molecule has 0 unspecified atom stereocenters. The SMILES string of the molecule is CC(C)(C)[Si](OC[C@H](O)C[C@H](O)COCc1ccccc1)(c1ccccc1)c1ccccc1. The largest absolute Gasteiger partial charge is 0.405 e. The van der Waals surface area contributed by atoms with E-state index in [-0.39, 0.29) is 24.7 Å². The van der Waals surface area contributed by atoms with Gasteiger partial charge in [-0.15, -0.1) is 0 Å². The highest BCUT2D eigenvalue weighted by Gasteiger charge is 2.50. The van der Waals surface area contributed by atoms with Crippen LogP contribution in [-0.4, -0.2) is 44.0 Å². The van der Waals surface area contributed by atoms with Crippen LogP contribution in [0, 0.1) is 0 Å². The number of benzene rings is 3. The van der Waals surface area contributed by atoms with Crippen LogP contribution in [0.2, 0.25) is 5.04 Å². The second-order valence-electron chi connectivity index (χ2n) is 9.52. The van der Waals surface area contributed by atoms with Crippen molar-refractivity contribution in [2.75, 3.05) is 13.2 Å². The van der Waals surface area contributed by atoms with Gasteiger partial charge in [-0.3, -0.25) is 0 Å². The van der Waals surface area contributed by atoms with Crippen molar-refractivity contribution < 1.29 is 19.4 Å². The standard InChI is InChI=1S/C28H36O4Si/c1-28(2,3)33(26-15-9-5-10-16-26,27-17-11-6-12-18-27)32-22-25(30)19-24(29)21-31-20-23-13-7-4-8-14-23/h4-18,24-25,29-30H,19-22H2,1-3H3/t24-,25+/m0/s1. The monoisotopic (exact) mass is 464 g/mol. The van der Waals surface area contributed by atoms with Gasteiger partial charge in [-0.2, -0.15) is 0 Å². The Balaban J connectivity index is 1.68. The van der Waals surface area contributed by atoms with E-state index in [0.717, 1.165) is 5.56 Å². The van der Waals surface area contributed by atoms with E-state index in [1.807, 2.05) is 66.7 Å². The van der Waals surface area contributed by atoms with Gasteiger partial charge >= 0.3 is 0 Å². The fraction of sp³-hybridized carbons (Fsp3) is 0.357. The summed E-state index contributed by atoms with van der Waals surface area (Å²) in [4.78, 5) is 0. The van der Waals surface area contributed by atoms with Crippen LogP contribution in [0.25, 0.3) is 0 Å². The summed E-state index contributed by atoms with van der Waals surface area (Å²) in [6.07, 6.45) is -1.35. The molecule has 33 heavy (non-hydrogen) atoms. The molecule has 0 aliphatic heterocycles. The molecule has 3 aromatic carbocycles. The Morgan fingerprint density at radius 2 is 1.15 bits per heavy atom. The summed E-state index contributed by atoms with van der Waals surface area (Å²) in [5, 5.41) is 23.3. The summed E-state index contributed by atoms with van der Waals surface area (Å²) in [7, 11) is -2.71. The maximum absolute atomic E-state index is 10.7. The molecule has 4 nitrogen and oxygen atoms in total. The van der Waals surface area contributed by atoms with Crippen LogP contribution < -0.4 is 10.4 Å². The highest BCUT2D eigenvalue weighted by Crippen LogP contribution is 2.36. The number of hydrogen-bond donors (Lipinski definition) is 2. The molecule has 0 radical (unpaired) electrons. The molecule has 2 atom stereocenters. The van der Waals surface area contributed by atoms with Crippen LogP contribution in [0.3, 0.4) is 0 Å². The molecule has 0 saturated heterocycles. The zero-order chi connectivity index (χ0) is 23.7. The van der Waals surface area contributed by atoms with Crippen molar-refractivity contribution in [2.45, 2.75) is 51.0 Å². The average molecular weight is 465 g/mol. The molecule has 176 valence electrons. The Morgan fingerprint density at radius 3 is 1.64 bits per heavy atom. The fourth-order valence-electron chi connectivity index (χ4n) is 4.32. The van der Waals surface area contributed by atoms with Crippen LogP contribution in [0.1, 0.15) is 32.8 Å². The zero-order valence-electron chi connectivity index (χ0n) is 19.9. The van der Waals surface area contributed by atoms with E-state index in [2.05, 4.69) is 45.0 Å². The van der Waals surface area contributed by atoms with Crippen molar-refractivity contribution in [1.29, 1.82) is 0 Å². The van der Waals surface area contributed by atoms with E-state index < -0.39 is 20.5 Å². The third-order valence-electron chi connectivity index (χ3n) is 5.87. The lowest BCUT2D eigenvalue weighted by molar-refractivity contribution is -0.00889. The predicted molar refractivity (Wildman–Crippen MR) is 136 cm³/mol. The zero-order valence-corrected chi connectivity index (χ0v) is 20.9. The smallest absolute Gasteiger partial charge is 0.261 e. The summed E-state index contributed by atoms with van der Waals surface area (Å²) in [5.74, 6) is 0. The van der Waals surface area contributed by atoms with Gasteiger partial charge in [0.2, 0.25) is 0 Å². The highest BCUT2D eigenvalue weighted by molar-refractivity contribution is 6.99. The predicted octanol–water partition coefficient (Wildman–Crippen LogP) is 3.89. The third-order valence-corrected chi connectivity index (χ3v) is 10.9. The van der Waals surface area contributed by atoms with Gasteiger partial charge in [-0.25, -0.2) is 0 Å². The molecule has 0 spiro atoms. The molecule has 0 bridgehead atoms. The van der Waals surface area contributed by atoms with Gasteiger partial charge in [0.15, 0.2) is 0 Å². The van der Waals surface area contributed by atoms with E-state index in [0.29, 0.717) is 6.61 Å². The summed E-state index contributed by atoms with van der Waals surface area (Å²) >= 11 is 0. The van der Waals surface area contributed by atoms with E-state index in [9.17, 15) is 10.2 Å². The lowest BCUT2D eigenvalue weighted by atomic mass is 10.2. The minimum Gasteiger partial charge on any atom is -0.405 e. The number of hydrogen-bond acceptors (Lipinski definition) is 4. The summed E-state index contributed by atoms with van der Waals surface area (Å²) in [6.45, 7) is 7.38. The molecule has 0 fully saturated rings. The minimum atomic E-state index is -2.71. The van der Waals surface area contributed by atoms with Crippen LogP contribution in [0.4, 0.5) is 0 Å². The first-order valence-electron chi connectivity index (χ1n) is 11.6. The molecule has 0 aliphatic carbocycles. The van der Waals surface area contributed by atoms with Crippen molar-refractivity contribution in [3.05, 3.63) is 96.6 Å². The van der Waals surface area contributed by atoms with Crippen molar-refractivity contribution >= 4 is 18.7 Å². The summed E-state index contributed by atoms with van der Waals surface area (Å²) < 4.78 is 12.4. The molecule has 0 aromatic heterocycles. The van der Waals surface area contributed by atoms with Crippen molar-refractivity contribution in [1.82, 2.24) is 0 Å². The second-order valence-corrected chi connectivity index (χ2v) is 13.8. The first kappa shape index (κ1) is 25.3. The number of aliphatic hydroxyl groups is 2. The molecule has 5 heteroatoms. The molecule has 3 rings (SSSR count).